The molecule has 0 unspecified atom stereocenters. The average molecular weight is 334 g/mol. The Morgan fingerprint density at radius 1 is 1.20 bits per heavy atom. The summed E-state index contributed by atoms with van der Waals surface area (Å²) in [4.78, 5) is 27.7. The van der Waals surface area contributed by atoms with Crippen LogP contribution in [0.2, 0.25) is 0 Å². The molecule has 0 bridgehead atoms. The molecule has 1 atom stereocenters. The molecule has 1 saturated heterocycles. The lowest BCUT2D eigenvalue weighted by Crippen LogP contribution is -2.42. The summed E-state index contributed by atoms with van der Waals surface area (Å²) in [5, 5.41) is 0.958. The van der Waals surface area contributed by atoms with E-state index in [1.165, 1.54) is 0 Å². The fourth-order valence-corrected chi connectivity index (χ4v) is 3.00. The standard InChI is InChI=1S/C19H18N4O2/c1-13-6-8-21-18(22-13)17-12-23(9-10-25-17)19(24)15-4-5-16-14(11-15)3-2-7-20-16/h2-8,11,17H,9-10,12H2,1H3/t17-/m1/s1. The third-order valence-corrected chi connectivity index (χ3v) is 4.31. The second kappa shape index (κ2) is 6.57. The Labute approximate surface area is 145 Å². The maximum absolute atomic E-state index is 12.9. The Kier molecular flexibility index (Phi) is 4.11. The van der Waals surface area contributed by atoms with E-state index < -0.39 is 0 Å². The van der Waals surface area contributed by atoms with Gasteiger partial charge in [-0.3, -0.25) is 9.78 Å². The molecular weight excluding hydrogens is 316 g/mol. The van der Waals surface area contributed by atoms with Gasteiger partial charge in [-0.1, -0.05) is 6.07 Å². The highest BCUT2D eigenvalue weighted by Gasteiger charge is 2.28. The number of benzene rings is 1. The zero-order valence-electron chi connectivity index (χ0n) is 13.9. The summed E-state index contributed by atoms with van der Waals surface area (Å²) in [6.07, 6.45) is 3.18. The number of carbonyl (C=O) groups is 1. The van der Waals surface area contributed by atoms with Crippen molar-refractivity contribution in [3.05, 3.63) is 65.9 Å². The van der Waals surface area contributed by atoms with Crippen LogP contribution >= 0.6 is 0 Å². The summed E-state index contributed by atoms with van der Waals surface area (Å²) in [5.41, 5.74) is 2.43. The van der Waals surface area contributed by atoms with Gasteiger partial charge in [0, 0.05) is 35.6 Å². The van der Waals surface area contributed by atoms with Crippen LogP contribution in [0.5, 0.6) is 0 Å². The topological polar surface area (TPSA) is 68.2 Å². The number of rotatable bonds is 2. The first-order chi connectivity index (χ1) is 12.2. The lowest BCUT2D eigenvalue weighted by molar-refractivity contribution is -0.0268. The minimum Gasteiger partial charge on any atom is -0.367 e. The molecule has 126 valence electrons. The van der Waals surface area contributed by atoms with Gasteiger partial charge in [0.25, 0.3) is 5.91 Å². The number of morpholine rings is 1. The number of hydrogen-bond acceptors (Lipinski definition) is 5. The SMILES string of the molecule is Cc1ccnc([C@H]2CN(C(=O)c3ccc4ncccc4c3)CCO2)n1. The van der Waals surface area contributed by atoms with Gasteiger partial charge >= 0.3 is 0 Å². The molecular formula is C19H18N4O2. The van der Waals surface area contributed by atoms with E-state index in [1.54, 1.807) is 17.3 Å². The van der Waals surface area contributed by atoms with E-state index in [0.29, 0.717) is 31.1 Å². The van der Waals surface area contributed by atoms with Crippen LogP contribution in [0.3, 0.4) is 0 Å². The number of fused-ring (bicyclic) bond motifs is 1. The van der Waals surface area contributed by atoms with Gasteiger partial charge < -0.3 is 9.64 Å². The van der Waals surface area contributed by atoms with E-state index in [9.17, 15) is 4.79 Å². The predicted molar refractivity (Wildman–Crippen MR) is 93.1 cm³/mol. The monoisotopic (exact) mass is 334 g/mol. The van der Waals surface area contributed by atoms with Crippen molar-refractivity contribution in [2.45, 2.75) is 13.0 Å². The van der Waals surface area contributed by atoms with Gasteiger partial charge in [-0.05, 0) is 37.3 Å². The van der Waals surface area contributed by atoms with Crippen molar-refractivity contribution in [2.75, 3.05) is 19.7 Å². The molecule has 1 aliphatic heterocycles. The average Bonchev–Trinajstić information content (AvgIpc) is 2.67. The predicted octanol–water partition coefficient (Wildman–Crippen LogP) is 2.55. The molecule has 6 heteroatoms. The maximum Gasteiger partial charge on any atom is 0.254 e. The van der Waals surface area contributed by atoms with Gasteiger partial charge in [-0.25, -0.2) is 9.97 Å². The quantitative estimate of drug-likeness (QED) is 0.720. The van der Waals surface area contributed by atoms with Crippen LogP contribution in [-0.2, 0) is 4.74 Å². The molecule has 25 heavy (non-hydrogen) atoms. The van der Waals surface area contributed by atoms with Crippen molar-refractivity contribution in [2.24, 2.45) is 0 Å². The third kappa shape index (κ3) is 3.21. The van der Waals surface area contributed by atoms with Crippen LogP contribution in [0.1, 0.15) is 28.0 Å². The van der Waals surface area contributed by atoms with Gasteiger partial charge in [0.1, 0.15) is 6.10 Å². The van der Waals surface area contributed by atoms with E-state index in [4.69, 9.17) is 4.74 Å². The number of aromatic nitrogens is 3. The molecule has 1 aliphatic rings. The van der Waals surface area contributed by atoms with Crippen LogP contribution in [0.25, 0.3) is 10.9 Å². The van der Waals surface area contributed by atoms with E-state index >= 15 is 0 Å². The van der Waals surface area contributed by atoms with Crippen LogP contribution in [0.4, 0.5) is 0 Å². The lowest BCUT2D eigenvalue weighted by Gasteiger charge is -2.32. The van der Waals surface area contributed by atoms with Crippen LogP contribution in [-0.4, -0.2) is 45.5 Å². The zero-order chi connectivity index (χ0) is 17.2. The van der Waals surface area contributed by atoms with Crippen LogP contribution in [0.15, 0.2) is 48.8 Å². The number of hydrogen-bond donors (Lipinski definition) is 0. The number of pyridine rings is 1. The summed E-state index contributed by atoms with van der Waals surface area (Å²) < 4.78 is 5.78. The molecule has 0 aliphatic carbocycles. The normalized spacial score (nSPS) is 17.6. The Morgan fingerprint density at radius 3 is 3.00 bits per heavy atom. The first-order valence-electron chi connectivity index (χ1n) is 8.26. The summed E-state index contributed by atoms with van der Waals surface area (Å²) in [7, 11) is 0. The van der Waals surface area contributed by atoms with Gasteiger partial charge in [0.2, 0.25) is 0 Å². The van der Waals surface area contributed by atoms with Crippen molar-refractivity contribution in [3.63, 3.8) is 0 Å². The third-order valence-electron chi connectivity index (χ3n) is 4.31. The smallest absolute Gasteiger partial charge is 0.254 e. The van der Waals surface area contributed by atoms with Crippen molar-refractivity contribution >= 4 is 16.8 Å². The van der Waals surface area contributed by atoms with Crippen molar-refractivity contribution in [1.29, 1.82) is 0 Å². The highest BCUT2D eigenvalue weighted by atomic mass is 16.5. The van der Waals surface area contributed by atoms with Gasteiger partial charge in [-0.15, -0.1) is 0 Å². The zero-order valence-corrected chi connectivity index (χ0v) is 13.9. The number of aryl methyl sites for hydroxylation is 1. The van der Waals surface area contributed by atoms with E-state index in [0.717, 1.165) is 16.6 Å². The fourth-order valence-electron chi connectivity index (χ4n) is 3.00. The molecule has 6 nitrogen and oxygen atoms in total. The van der Waals surface area contributed by atoms with Crippen LogP contribution in [0, 0.1) is 6.92 Å². The molecule has 0 radical (unpaired) electrons. The Hall–Kier alpha value is -2.86. The molecule has 3 heterocycles. The maximum atomic E-state index is 12.9. The summed E-state index contributed by atoms with van der Waals surface area (Å²) >= 11 is 0. The van der Waals surface area contributed by atoms with Gasteiger partial charge in [0.05, 0.1) is 18.7 Å². The van der Waals surface area contributed by atoms with Crippen molar-refractivity contribution in [1.82, 2.24) is 19.9 Å². The molecule has 4 rings (SSSR count). The first kappa shape index (κ1) is 15.7. The Morgan fingerprint density at radius 2 is 2.12 bits per heavy atom. The molecule has 1 aromatic carbocycles. The van der Waals surface area contributed by atoms with Gasteiger partial charge in [-0.2, -0.15) is 0 Å². The molecule has 1 fully saturated rings. The lowest BCUT2D eigenvalue weighted by atomic mass is 10.1. The highest BCUT2D eigenvalue weighted by Crippen LogP contribution is 2.22. The minimum absolute atomic E-state index is 0.00768. The van der Waals surface area contributed by atoms with E-state index in [1.807, 2.05) is 43.3 Å². The molecule has 0 N–H and O–H groups in total. The Balaban J connectivity index is 1.56. The first-order valence-corrected chi connectivity index (χ1v) is 8.26. The highest BCUT2D eigenvalue weighted by molar-refractivity contribution is 5.98. The van der Waals surface area contributed by atoms with Gasteiger partial charge in [0.15, 0.2) is 5.82 Å². The molecule has 2 aromatic heterocycles. The number of carbonyl (C=O) groups excluding carboxylic acids is 1. The molecule has 1 amide bonds. The fraction of sp³-hybridized carbons (Fsp3) is 0.263. The number of amides is 1. The number of nitrogens with zero attached hydrogens (tertiary/aromatic N) is 4. The van der Waals surface area contributed by atoms with Crippen LogP contribution < -0.4 is 0 Å². The molecule has 0 spiro atoms. The summed E-state index contributed by atoms with van der Waals surface area (Å²) in [6, 6.07) is 11.3. The van der Waals surface area contributed by atoms with Crippen molar-refractivity contribution in [3.8, 4) is 0 Å². The second-order valence-electron chi connectivity index (χ2n) is 6.08. The van der Waals surface area contributed by atoms with Crippen molar-refractivity contribution < 1.29 is 9.53 Å². The summed E-state index contributed by atoms with van der Waals surface area (Å²) in [6.45, 7) is 3.41. The number of ether oxygens (including phenoxy) is 1. The Bertz CT molecular complexity index is 928. The largest absolute Gasteiger partial charge is 0.367 e. The molecule has 3 aromatic rings. The minimum atomic E-state index is -0.292. The second-order valence-corrected chi connectivity index (χ2v) is 6.08. The molecule has 0 saturated carbocycles. The van der Waals surface area contributed by atoms with E-state index in [2.05, 4.69) is 15.0 Å². The summed E-state index contributed by atoms with van der Waals surface area (Å²) in [5.74, 6) is 0.618. The van der Waals surface area contributed by atoms with E-state index in [-0.39, 0.29) is 12.0 Å².